The van der Waals surface area contributed by atoms with Crippen molar-refractivity contribution >= 4 is 23.2 Å². The van der Waals surface area contributed by atoms with Crippen LogP contribution < -0.4 is 4.74 Å². The minimum Gasteiger partial charge on any atom is -0.497 e. The van der Waals surface area contributed by atoms with Crippen molar-refractivity contribution < 1.29 is 14.3 Å². The van der Waals surface area contributed by atoms with E-state index < -0.39 is 0 Å². The molecule has 1 aromatic heterocycles. The number of ether oxygens (including phenoxy) is 1. The molecule has 3 aromatic rings. The van der Waals surface area contributed by atoms with E-state index in [9.17, 15) is 9.59 Å². The van der Waals surface area contributed by atoms with Gasteiger partial charge in [0.1, 0.15) is 5.75 Å². The molecule has 3 aliphatic heterocycles. The second-order valence-corrected chi connectivity index (χ2v) is 12.3. The second-order valence-electron chi connectivity index (χ2n) is 11.4. The molecule has 0 unspecified atom stereocenters. The summed E-state index contributed by atoms with van der Waals surface area (Å²) in [5.74, 6) is 2.04. The number of hydrogen-bond donors (Lipinski definition) is 0. The number of hydrogen-bond acceptors (Lipinski definition) is 5. The average molecular weight is 544 g/mol. The van der Waals surface area contributed by atoms with Crippen molar-refractivity contribution in [2.75, 3.05) is 46.4 Å². The molecule has 39 heavy (non-hydrogen) atoms. The Morgan fingerprint density at radius 1 is 0.949 bits per heavy atom. The van der Waals surface area contributed by atoms with E-state index in [4.69, 9.17) is 4.74 Å². The summed E-state index contributed by atoms with van der Waals surface area (Å²) in [5, 5.41) is 1.97. The van der Waals surface area contributed by atoms with E-state index in [-0.39, 0.29) is 11.3 Å². The van der Waals surface area contributed by atoms with E-state index >= 15 is 0 Å². The molecule has 0 aliphatic carbocycles. The van der Waals surface area contributed by atoms with Crippen molar-refractivity contribution in [3.63, 3.8) is 0 Å². The first-order chi connectivity index (χ1) is 19.0. The summed E-state index contributed by atoms with van der Waals surface area (Å²) in [6, 6.07) is 22.6. The summed E-state index contributed by atoms with van der Waals surface area (Å²) in [6.45, 7) is 5.91. The Bertz CT molecular complexity index is 1270. The van der Waals surface area contributed by atoms with E-state index in [2.05, 4.69) is 52.3 Å². The number of piperidine rings is 1. The van der Waals surface area contributed by atoms with Crippen LogP contribution in [0.5, 0.6) is 5.75 Å². The molecule has 2 amide bonds. The van der Waals surface area contributed by atoms with Crippen LogP contribution in [0.15, 0.2) is 72.1 Å². The number of benzene rings is 2. The summed E-state index contributed by atoms with van der Waals surface area (Å²) in [4.78, 5) is 34.2. The number of methoxy groups -OCH3 is 1. The maximum absolute atomic E-state index is 13.6. The first-order valence-electron chi connectivity index (χ1n) is 14.1. The number of amides is 2. The second kappa shape index (κ2) is 11.1. The lowest BCUT2D eigenvalue weighted by Crippen LogP contribution is -2.46. The molecule has 2 atom stereocenters. The maximum atomic E-state index is 13.6. The first-order valence-corrected chi connectivity index (χ1v) is 14.9. The molecule has 4 heterocycles. The number of likely N-dealkylation sites (tertiary alicyclic amines) is 3. The monoisotopic (exact) mass is 543 g/mol. The lowest BCUT2D eigenvalue weighted by atomic mass is 9.76. The van der Waals surface area contributed by atoms with Gasteiger partial charge in [-0.15, -0.1) is 11.3 Å². The standard InChI is InChI=1S/C32H37N3O3S/c1-38-27-11-9-24(10-12-27)20-34-18-15-32(31(34)37)13-16-33(17-14-32)21-26-22-35(30(36)29-8-5-19-39-29)23-28(26)25-6-3-2-4-7-25/h2-12,19,26,28H,13-18,20-23H2,1H3/t26-,28+/m0/s1. The van der Waals surface area contributed by atoms with Gasteiger partial charge in [0.2, 0.25) is 5.91 Å². The Morgan fingerprint density at radius 3 is 2.38 bits per heavy atom. The molecule has 204 valence electrons. The van der Waals surface area contributed by atoms with Crippen LogP contribution in [-0.2, 0) is 11.3 Å². The predicted molar refractivity (Wildman–Crippen MR) is 154 cm³/mol. The lowest BCUT2D eigenvalue weighted by Gasteiger charge is -2.39. The maximum Gasteiger partial charge on any atom is 0.263 e. The molecule has 1 spiro atoms. The molecule has 2 aromatic carbocycles. The SMILES string of the molecule is COc1ccc(CN2CCC3(CCN(C[C@H]4CN(C(=O)c5cccs5)C[C@@H]4c4ccccc4)CC3)C2=O)cc1. The van der Waals surface area contributed by atoms with E-state index in [1.165, 1.54) is 16.9 Å². The average Bonchev–Trinajstić information content (AvgIpc) is 3.73. The van der Waals surface area contributed by atoms with Crippen LogP contribution in [0.2, 0.25) is 0 Å². The number of thiophene rings is 1. The van der Waals surface area contributed by atoms with Crippen LogP contribution in [0.25, 0.3) is 0 Å². The fourth-order valence-corrected chi connectivity index (χ4v) is 7.50. The number of carbonyl (C=O) groups excluding carboxylic acids is 2. The van der Waals surface area contributed by atoms with E-state index in [1.54, 1.807) is 7.11 Å². The molecule has 0 bridgehead atoms. The minimum absolute atomic E-state index is 0.152. The minimum atomic E-state index is -0.210. The molecule has 0 saturated carbocycles. The lowest BCUT2D eigenvalue weighted by molar-refractivity contribution is -0.139. The van der Waals surface area contributed by atoms with Gasteiger partial charge in [-0.25, -0.2) is 0 Å². The molecule has 0 N–H and O–H groups in total. The van der Waals surface area contributed by atoms with Crippen molar-refractivity contribution in [1.29, 1.82) is 0 Å². The Morgan fingerprint density at radius 2 is 1.69 bits per heavy atom. The zero-order valence-electron chi connectivity index (χ0n) is 22.6. The third-order valence-corrected chi connectivity index (χ3v) is 9.99. The predicted octanol–water partition coefficient (Wildman–Crippen LogP) is 5.13. The molecular weight excluding hydrogens is 506 g/mol. The van der Waals surface area contributed by atoms with Crippen molar-refractivity contribution in [1.82, 2.24) is 14.7 Å². The largest absolute Gasteiger partial charge is 0.497 e. The molecule has 3 fully saturated rings. The first kappa shape index (κ1) is 26.1. The molecule has 7 heteroatoms. The van der Waals surface area contributed by atoms with Crippen LogP contribution in [0.1, 0.15) is 46.0 Å². The van der Waals surface area contributed by atoms with Crippen LogP contribution >= 0.6 is 11.3 Å². The summed E-state index contributed by atoms with van der Waals surface area (Å²) in [7, 11) is 1.67. The highest BCUT2D eigenvalue weighted by atomic mass is 32.1. The normalized spacial score (nSPS) is 23.1. The van der Waals surface area contributed by atoms with Crippen LogP contribution in [0, 0.1) is 11.3 Å². The molecule has 6 rings (SSSR count). The highest BCUT2D eigenvalue weighted by molar-refractivity contribution is 7.12. The smallest absolute Gasteiger partial charge is 0.263 e. The molecule has 3 aliphatic rings. The summed E-state index contributed by atoms with van der Waals surface area (Å²) < 4.78 is 5.27. The van der Waals surface area contributed by atoms with Gasteiger partial charge in [-0.2, -0.15) is 0 Å². The number of carbonyl (C=O) groups is 2. The van der Waals surface area contributed by atoms with Crippen LogP contribution in [-0.4, -0.2) is 72.9 Å². The number of nitrogens with zero attached hydrogens (tertiary/aromatic N) is 3. The van der Waals surface area contributed by atoms with Crippen molar-refractivity contribution in [2.45, 2.75) is 31.7 Å². The van der Waals surface area contributed by atoms with Gasteiger partial charge in [0.05, 0.1) is 17.4 Å². The third kappa shape index (κ3) is 5.35. The fourth-order valence-electron chi connectivity index (χ4n) is 6.81. The van der Waals surface area contributed by atoms with Gasteiger partial charge >= 0.3 is 0 Å². The zero-order chi connectivity index (χ0) is 26.8. The van der Waals surface area contributed by atoms with E-state index in [1.807, 2.05) is 34.5 Å². The van der Waals surface area contributed by atoms with Gasteiger partial charge in [-0.1, -0.05) is 48.5 Å². The van der Waals surface area contributed by atoms with Gasteiger partial charge in [0.25, 0.3) is 5.91 Å². The number of rotatable bonds is 7. The Hall–Kier alpha value is -3.16. The van der Waals surface area contributed by atoms with Crippen LogP contribution in [0.3, 0.4) is 0 Å². The highest BCUT2D eigenvalue weighted by Crippen LogP contribution is 2.43. The van der Waals surface area contributed by atoms with Gasteiger partial charge in [0, 0.05) is 38.6 Å². The fraction of sp³-hybridized carbons (Fsp3) is 0.438. The third-order valence-electron chi connectivity index (χ3n) is 9.13. The summed E-state index contributed by atoms with van der Waals surface area (Å²) in [5.41, 5.74) is 2.25. The van der Waals surface area contributed by atoms with Gasteiger partial charge in [-0.3, -0.25) is 9.59 Å². The zero-order valence-corrected chi connectivity index (χ0v) is 23.4. The van der Waals surface area contributed by atoms with Gasteiger partial charge < -0.3 is 19.4 Å². The Balaban J connectivity index is 1.08. The highest BCUT2D eigenvalue weighted by Gasteiger charge is 2.48. The van der Waals surface area contributed by atoms with Crippen LogP contribution in [0.4, 0.5) is 0 Å². The Labute approximate surface area is 235 Å². The van der Waals surface area contributed by atoms with Gasteiger partial charge in [-0.05, 0) is 73.0 Å². The molecular formula is C32H37N3O3S. The van der Waals surface area contributed by atoms with Crippen molar-refractivity contribution in [3.8, 4) is 5.75 Å². The summed E-state index contributed by atoms with van der Waals surface area (Å²) >= 11 is 1.52. The molecule has 0 radical (unpaired) electrons. The molecule has 6 nitrogen and oxygen atoms in total. The topological polar surface area (TPSA) is 53.1 Å². The van der Waals surface area contributed by atoms with E-state index in [0.29, 0.717) is 24.3 Å². The van der Waals surface area contributed by atoms with Crippen molar-refractivity contribution in [3.05, 3.63) is 88.1 Å². The Kier molecular flexibility index (Phi) is 7.45. The summed E-state index contributed by atoms with van der Waals surface area (Å²) in [6.07, 6.45) is 2.80. The van der Waals surface area contributed by atoms with Crippen molar-refractivity contribution in [2.24, 2.45) is 11.3 Å². The molecule has 3 saturated heterocycles. The quantitative estimate of drug-likeness (QED) is 0.415. The van der Waals surface area contributed by atoms with Gasteiger partial charge in [0.15, 0.2) is 0 Å². The van der Waals surface area contributed by atoms with E-state index in [0.717, 1.165) is 74.7 Å².